The maximum Gasteiger partial charge on any atom is 0.238 e. The van der Waals surface area contributed by atoms with E-state index in [2.05, 4.69) is 5.32 Å². The second kappa shape index (κ2) is 5.70. The molecule has 5 N–H and O–H groups in total. The molecule has 5 nitrogen and oxygen atoms in total. The first-order valence-corrected chi connectivity index (χ1v) is 7.70. The third-order valence-corrected chi connectivity index (χ3v) is 4.06. The Balaban J connectivity index is 2.24. The molecule has 0 heterocycles. The molecule has 0 unspecified atom stereocenters. The molecule has 0 atom stereocenters. The Kier molecular flexibility index (Phi) is 4.17. The number of nitrogen functional groups attached to an aromatic ring is 1. The van der Waals surface area contributed by atoms with Gasteiger partial charge in [-0.1, -0.05) is 29.8 Å². The second-order valence-electron chi connectivity index (χ2n) is 4.24. The number of rotatable bonds is 4. The van der Waals surface area contributed by atoms with Gasteiger partial charge in [0.2, 0.25) is 10.0 Å². The SMILES string of the molecule is Nc1ccc(S(N)(=O)=O)cc1NCc1ccccc1Cl. The molecular formula is C13H14ClN3O2S. The third kappa shape index (κ3) is 3.41. The van der Waals surface area contributed by atoms with Crippen LogP contribution in [0.1, 0.15) is 5.56 Å². The fraction of sp³-hybridized carbons (Fsp3) is 0.0769. The second-order valence-corrected chi connectivity index (χ2v) is 6.21. The number of primary sulfonamides is 1. The zero-order valence-electron chi connectivity index (χ0n) is 10.5. The summed E-state index contributed by atoms with van der Waals surface area (Å²) in [7, 11) is -3.75. The molecule has 0 fully saturated rings. The molecule has 2 aromatic carbocycles. The number of halogens is 1. The van der Waals surface area contributed by atoms with Gasteiger partial charge in [0, 0.05) is 11.6 Å². The Morgan fingerprint density at radius 2 is 1.85 bits per heavy atom. The van der Waals surface area contributed by atoms with Crippen molar-refractivity contribution in [3.63, 3.8) is 0 Å². The molecular weight excluding hydrogens is 298 g/mol. The van der Waals surface area contributed by atoms with Gasteiger partial charge < -0.3 is 11.1 Å². The number of nitrogens with one attached hydrogen (secondary N) is 1. The molecule has 0 aliphatic rings. The van der Waals surface area contributed by atoms with Crippen LogP contribution in [0.3, 0.4) is 0 Å². The lowest BCUT2D eigenvalue weighted by atomic mass is 10.2. The van der Waals surface area contributed by atoms with E-state index in [1.807, 2.05) is 18.2 Å². The Morgan fingerprint density at radius 3 is 2.50 bits per heavy atom. The molecule has 0 aliphatic carbocycles. The van der Waals surface area contributed by atoms with Crippen LogP contribution in [-0.2, 0) is 16.6 Å². The number of hydrogen-bond donors (Lipinski definition) is 3. The van der Waals surface area contributed by atoms with Gasteiger partial charge in [0.15, 0.2) is 0 Å². The minimum atomic E-state index is -3.75. The Hall–Kier alpha value is -1.76. The maximum atomic E-state index is 11.3. The fourth-order valence-corrected chi connectivity index (χ4v) is 2.44. The van der Waals surface area contributed by atoms with Crippen LogP contribution in [0.4, 0.5) is 11.4 Å². The predicted molar refractivity (Wildman–Crippen MR) is 81.0 cm³/mol. The predicted octanol–water partition coefficient (Wildman–Crippen LogP) is 2.18. The molecule has 2 rings (SSSR count). The molecule has 20 heavy (non-hydrogen) atoms. The van der Waals surface area contributed by atoms with Crippen LogP contribution in [0.25, 0.3) is 0 Å². The summed E-state index contributed by atoms with van der Waals surface area (Å²) in [6, 6.07) is 11.6. The van der Waals surface area contributed by atoms with E-state index in [1.165, 1.54) is 18.2 Å². The van der Waals surface area contributed by atoms with Crippen LogP contribution in [0.15, 0.2) is 47.4 Å². The van der Waals surface area contributed by atoms with Crippen molar-refractivity contribution < 1.29 is 8.42 Å². The molecule has 0 aliphatic heterocycles. The van der Waals surface area contributed by atoms with Gasteiger partial charge in [-0.05, 0) is 29.8 Å². The molecule has 0 saturated heterocycles. The van der Waals surface area contributed by atoms with E-state index in [0.717, 1.165) is 5.56 Å². The van der Waals surface area contributed by atoms with Gasteiger partial charge in [-0.2, -0.15) is 0 Å². The zero-order chi connectivity index (χ0) is 14.8. The first kappa shape index (κ1) is 14.6. The van der Waals surface area contributed by atoms with Crippen LogP contribution in [0.5, 0.6) is 0 Å². The zero-order valence-corrected chi connectivity index (χ0v) is 12.1. The summed E-state index contributed by atoms with van der Waals surface area (Å²) in [6.07, 6.45) is 0. The van der Waals surface area contributed by atoms with Gasteiger partial charge >= 0.3 is 0 Å². The lowest BCUT2D eigenvalue weighted by Gasteiger charge is -2.11. The van der Waals surface area contributed by atoms with Gasteiger partial charge in [0.05, 0.1) is 16.3 Å². The molecule has 0 aromatic heterocycles. The van der Waals surface area contributed by atoms with Crippen LogP contribution in [0, 0.1) is 0 Å². The van der Waals surface area contributed by atoms with Crippen LogP contribution >= 0.6 is 11.6 Å². The highest BCUT2D eigenvalue weighted by atomic mass is 35.5. The molecule has 106 valence electrons. The van der Waals surface area contributed by atoms with E-state index in [-0.39, 0.29) is 4.90 Å². The van der Waals surface area contributed by atoms with Gasteiger partial charge in [0.25, 0.3) is 0 Å². The van der Waals surface area contributed by atoms with E-state index in [9.17, 15) is 8.42 Å². The highest BCUT2D eigenvalue weighted by Crippen LogP contribution is 2.24. The maximum absolute atomic E-state index is 11.3. The van der Waals surface area contributed by atoms with Gasteiger partial charge in [-0.3, -0.25) is 0 Å². The van der Waals surface area contributed by atoms with E-state index < -0.39 is 10.0 Å². The van der Waals surface area contributed by atoms with E-state index in [4.69, 9.17) is 22.5 Å². The molecule has 7 heteroatoms. The molecule has 0 spiro atoms. The minimum absolute atomic E-state index is 0.00774. The van der Waals surface area contributed by atoms with Crippen molar-refractivity contribution in [2.24, 2.45) is 5.14 Å². The molecule has 0 amide bonds. The number of sulfonamides is 1. The van der Waals surface area contributed by atoms with Crippen molar-refractivity contribution in [2.45, 2.75) is 11.4 Å². The average molecular weight is 312 g/mol. The van der Waals surface area contributed by atoms with Crippen LogP contribution in [-0.4, -0.2) is 8.42 Å². The summed E-state index contributed by atoms with van der Waals surface area (Å²) in [5.74, 6) is 0. The first-order chi connectivity index (χ1) is 9.38. The lowest BCUT2D eigenvalue weighted by molar-refractivity contribution is 0.598. The highest BCUT2D eigenvalue weighted by Gasteiger charge is 2.10. The summed E-state index contributed by atoms with van der Waals surface area (Å²) in [6.45, 7) is 0.429. The Morgan fingerprint density at radius 1 is 1.15 bits per heavy atom. The molecule has 0 bridgehead atoms. The molecule has 0 radical (unpaired) electrons. The number of anilines is 2. The van der Waals surface area contributed by atoms with Crippen molar-refractivity contribution in [3.8, 4) is 0 Å². The first-order valence-electron chi connectivity index (χ1n) is 5.77. The number of nitrogens with two attached hydrogens (primary N) is 2. The smallest absolute Gasteiger partial charge is 0.238 e. The minimum Gasteiger partial charge on any atom is -0.397 e. The van der Waals surface area contributed by atoms with Crippen LogP contribution < -0.4 is 16.2 Å². The van der Waals surface area contributed by atoms with Crippen molar-refractivity contribution in [1.82, 2.24) is 0 Å². The summed E-state index contributed by atoms with van der Waals surface area (Å²) < 4.78 is 22.6. The standard InChI is InChI=1S/C13H14ClN3O2S/c14-11-4-2-1-3-9(11)8-17-13-7-10(20(16,18)19)5-6-12(13)15/h1-7,17H,8,15H2,(H2,16,18,19). The largest absolute Gasteiger partial charge is 0.397 e. The van der Waals surface area contributed by atoms with Crippen LogP contribution in [0.2, 0.25) is 5.02 Å². The summed E-state index contributed by atoms with van der Waals surface area (Å²) in [5, 5.41) is 8.77. The van der Waals surface area contributed by atoms with E-state index in [1.54, 1.807) is 6.07 Å². The van der Waals surface area contributed by atoms with E-state index >= 15 is 0 Å². The normalized spacial score (nSPS) is 11.3. The van der Waals surface area contributed by atoms with Crippen molar-refractivity contribution in [2.75, 3.05) is 11.1 Å². The Bertz CT molecular complexity index is 732. The van der Waals surface area contributed by atoms with E-state index in [0.29, 0.717) is 22.9 Å². The summed E-state index contributed by atoms with van der Waals surface area (Å²) >= 11 is 6.05. The fourth-order valence-electron chi connectivity index (χ4n) is 1.70. The van der Waals surface area contributed by atoms with Crippen molar-refractivity contribution in [1.29, 1.82) is 0 Å². The van der Waals surface area contributed by atoms with Crippen molar-refractivity contribution in [3.05, 3.63) is 53.1 Å². The summed E-state index contributed by atoms with van der Waals surface area (Å²) in [4.78, 5) is 0.00774. The van der Waals surface area contributed by atoms with Gasteiger partial charge in [0.1, 0.15) is 0 Å². The number of benzene rings is 2. The molecule has 2 aromatic rings. The third-order valence-electron chi connectivity index (χ3n) is 2.78. The quantitative estimate of drug-likeness (QED) is 0.754. The van der Waals surface area contributed by atoms with Gasteiger partial charge in [-0.25, -0.2) is 13.6 Å². The topological polar surface area (TPSA) is 98.2 Å². The monoisotopic (exact) mass is 311 g/mol. The number of hydrogen-bond acceptors (Lipinski definition) is 4. The summed E-state index contributed by atoms with van der Waals surface area (Å²) in [5.41, 5.74) is 7.62. The van der Waals surface area contributed by atoms with Gasteiger partial charge in [-0.15, -0.1) is 0 Å². The highest BCUT2D eigenvalue weighted by molar-refractivity contribution is 7.89. The average Bonchev–Trinajstić information content (AvgIpc) is 2.38. The van der Waals surface area contributed by atoms with Crippen molar-refractivity contribution >= 4 is 33.0 Å². The molecule has 0 saturated carbocycles. The lowest BCUT2D eigenvalue weighted by Crippen LogP contribution is -2.13. The Labute approximate surface area is 122 Å².